The summed E-state index contributed by atoms with van der Waals surface area (Å²) >= 11 is 0. The number of aromatic nitrogens is 3. The van der Waals surface area contributed by atoms with Crippen molar-refractivity contribution in [1.29, 1.82) is 0 Å². The minimum Gasteiger partial charge on any atom is -0.381 e. The molecule has 0 aliphatic heterocycles. The fraction of sp³-hybridized carbons (Fsp3) is 0.440. The zero-order chi connectivity index (χ0) is 23.7. The molecule has 33 heavy (non-hydrogen) atoms. The topological polar surface area (TPSA) is 115 Å². The zero-order valence-electron chi connectivity index (χ0n) is 19.7. The first-order chi connectivity index (χ1) is 15.8. The van der Waals surface area contributed by atoms with Crippen LogP contribution in [0.5, 0.6) is 0 Å². The molecule has 1 unspecified atom stereocenters. The Kier molecular flexibility index (Phi) is 6.35. The van der Waals surface area contributed by atoms with Crippen molar-refractivity contribution >= 4 is 28.5 Å². The predicted molar refractivity (Wildman–Crippen MR) is 129 cm³/mol. The summed E-state index contributed by atoms with van der Waals surface area (Å²) in [5, 5.41) is 11.9. The van der Waals surface area contributed by atoms with Gasteiger partial charge in [0.15, 0.2) is 5.65 Å². The molecule has 2 amide bonds. The first kappa shape index (κ1) is 22.8. The second-order valence-corrected chi connectivity index (χ2v) is 8.95. The number of anilines is 1. The quantitative estimate of drug-likeness (QED) is 0.487. The van der Waals surface area contributed by atoms with Crippen LogP contribution in [0.4, 0.5) is 5.69 Å². The van der Waals surface area contributed by atoms with Crippen LogP contribution in [0.25, 0.3) is 11.0 Å². The highest BCUT2D eigenvalue weighted by atomic mass is 16.2. The molecule has 0 saturated heterocycles. The molecule has 1 atom stereocenters. The van der Waals surface area contributed by atoms with E-state index < -0.39 is 0 Å². The van der Waals surface area contributed by atoms with Crippen molar-refractivity contribution in [3.05, 3.63) is 52.8 Å². The van der Waals surface area contributed by atoms with Crippen molar-refractivity contribution in [1.82, 2.24) is 20.1 Å². The van der Waals surface area contributed by atoms with Gasteiger partial charge in [0.2, 0.25) is 5.91 Å². The monoisotopic (exact) mass is 448 g/mol. The fourth-order valence-electron chi connectivity index (χ4n) is 4.61. The van der Waals surface area contributed by atoms with Gasteiger partial charge < -0.3 is 16.4 Å². The number of hydrogen-bond donors (Lipinski definition) is 3. The molecular formula is C25H32N6O2. The van der Waals surface area contributed by atoms with E-state index in [9.17, 15) is 9.59 Å². The van der Waals surface area contributed by atoms with Crippen LogP contribution in [0.2, 0.25) is 0 Å². The first-order valence-electron chi connectivity index (χ1n) is 11.6. The Hall–Kier alpha value is -3.42. The number of nitrogens with two attached hydrogens (primary N) is 1. The van der Waals surface area contributed by atoms with Crippen molar-refractivity contribution in [3.63, 3.8) is 0 Å². The smallest absolute Gasteiger partial charge is 0.255 e. The number of pyridine rings is 1. The second-order valence-electron chi connectivity index (χ2n) is 8.95. The number of fused-ring (bicyclic) bond motifs is 1. The van der Waals surface area contributed by atoms with Crippen LogP contribution >= 0.6 is 0 Å². The molecular weight excluding hydrogens is 416 g/mol. The van der Waals surface area contributed by atoms with Gasteiger partial charge in [0.25, 0.3) is 5.91 Å². The van der Waals surface area contributed by atoms with E-state index in [1.54, 1.807) is 17.1 Å². The van der Waals surface area contributed by atoms with Crippen molar-refractivity contribution < 1.29 is 9.59 Å². The lowest BCUT2D eigenvalue weighted by Crippen LogP contribution is -2.42. The van der Waals surface area contributed by atoms with E-state index in [0.29, 0.717) is 30.6 Å². The highest BCUT2D eigenvalue weighted by Gasteiger charge is 2.34. The predicted octanol–water partition coefficient (Wildman–Crippen LogP) is 3.62. The molecule has 0 spiro atoms. The fourth-order valence-corrected chi connectivity index (χ4v) is 4.61. The summed E-state index contributed by atoms with van der Waals surface area (Å²) in [5.74, 6) is -0.581. The molecule has 1 fully saturated rings. The zero-order valence-corrected chi connectivity index (χ0v) is 19.7. The highest BCUT2D eigenvalue weighted by Crippen LogP contribution is 2.34. The van der Waals surface area contributed by atoms with E-state index >= 15 is 0 Å². The summed E-state index contributed by atoms with van der Waals surface area (Å²) in [4.78, 5) is 29.5. The van der Waals surface area contributed by atoms with Crippen LogP contribution in [0.1, 0.15) is 66.2 Å². The molecule has 3 aromatic rings. The second kappa shape index (κ2) is 9.21. The lowest BCUT2D eigenvalue weighted by molar-refractivity contribution is -0.124. The van der Waals surface area contributed by atoms with E-state index in [1.807, 2.05) is 6.92 Å². The number of amides is 2. The summed E-state index contributed by atoms with van der Waals surface area (Å²) in [6, 6.07) is 6.26. The third kappa shape index (κ3) is 4.42. The summed E-state index contributed by atoms with van der Waals surface area (Å²) in [6.45, 7) is 8.88. The van der Waals surface area contributed by atoms with E-state index in [4.69, 9.17) is 5.73 Å². The van der Waals surface area contributed by atoms with Gasteiger partial charge in [-0.3, -0.25) is 9.59 Å². The highest BCUT2D eigenvalue weighted by molar-refractivity contribution is 6.06. The Morgan fingerprint density at radius 3 is 2.61 bits per heavy atom. The summed E-state index contributed by atoms with van der Waals surface area (Å²) in [6.07, 6.45) is 5.44. The van der Waals surface area contributed by atoms with E-state index in [2.05, 4.69) is 59.7 Å². The summed E-state index contributed by atoms with van der Waals surface area (Å²) in [7, 11) is 0. The maximum atomic E-state index is 13.5. The van der Waals surface area contributed by atoms with Crippen molar-refractivity contribution in [2.75, 3.05) is 5.32 Å². The molecule has 1 saturated carbocycles. The molecule has 2 aromatic heterocycles. The molecule has 4 rings (SSSR count). The molecule has 1 aliphatic rings. The minimum absolute atomic E-state index is 0.0749. The molecule has 1 aliphatic carbocycles. The normalized spacial score (nSPS) is 18.5. The van der Waals surface area contributed by atoms with Gasteiger partial charge in [-0.05, 0) is 51.2 Å². The molecule has 4 N–H and O–H groups in total. The Morgan fingerprint density at radius 1 is 1.21 bits per heavy atom. The van der Waals surface area contributed by atoms with Gasteiger partial charge in [0.1, 0.15) is 0 Å². The number of nitrogens with zero attached hydrogens (tertiary/aromatic N) is 3. The molecule has 8 nitrogen and oxygen atoms in total. The van der Waals surface area contributed by atoms with Crippen LogP contribution in [0, 0.1) is 19.8 Å². The molecule has 2 heterocycles. The van der Waals surface area contributed by atoms with Gasteiger partial charge in [-0.2, -0.15) is 5.10 Å². The van der Waals surface area contributed by atoms with Gasteiger partial charge >= 0.3 is 0 Å². The Morgan fingerprint density at radius 2 is 1.97 bits per heavy atom. The SMILES string of the molecule is CCC(NC(=O)c1cnc2c(cnn2CC)c1N[C@H]1C[C@@H](C(N)=O)C1)c1ccc(C)cc1C. The Labute approximate surface area is 193 Å². The van der Waals surface area contributed by atoms with Crippen LogP contribution in [-0.4, -0.2) is 32.6 Å². The van der Waals surface area contributed by atoms with Crippen LogP contribution in [0.15, 0.2) is 30.6 Å². The van der Waals surface area contributed by atoms with Crippen molar-refractivity contribution in [2.45, 2.75) is 65.6 Å². The van der Waals surface area contributed by atoms with Gasteiger partial charge in [0.05, 0.1) is 28.9 Å². The Bertz CT molecular complexity index is 1200. The largest absolute Gasteiger partial charge is 0.381 e. The molecule has 0 radical (unpaired) electrons. The average molecular weight is 449 g/mol. The molecule has 8 heteroatoms. The van der Waals surface area contributed by atoms with Gasteiger partial charge in [-0.25, -0.2) is 9.67 Å². The number of benzene rings is 1. The molecule has 1 aromatic carbocycles. The lowest BCUT2D eigenvalue weighted by Gasteiger charge is -2.35. The summed E-state index contributed by atoms with van der Waals surface area (Å²) < 4.78 is 1.81. The number of nitrogens with one attached hydrogen (secondary N) is 2. The maximum absolute atomic E-state index is 13.5. The molecule has 174 valence electrons. The van der Waals surface area contributed by atoms with Crippen molar-refractivity contribution in [3.8, 4) is 0 Å². The van der Waals surface area contributed by atoms with E-state index in [1.165, 1.54) is 5.56 Å². The number of aryl methyl sites for hydroxylation is 3. The third-order valence-electron chi connectivity index (χ3n) is 6.61. The average Bonchev–Trinajstić information content (AvgIpc) is 3.17. The summed E-state index contributed by atoms with van der Waals surface area (Å²) in [5.41, 5.74) is 10.8. The molecule has 0 bridgehead atoms. The number of carbonyl (C=O) groups is 2. The lowest BCUT2D eigenvalue weighted by atomic mass is 9.79. The van der Waals surface area contributed by atoms with Gasteiger partial charge in [0, 0.05) is 24.7 Å². The van der Waals surface area contributed by atoms with Gasteiger partial charge in [-0.1, -0.05) is 30.7 Å². The first-order valence-corrected chi connectivity index (χ1v) is 11.6. The number of hydrogen-bond acceptors (Lipinski definition) is 5. The standard InChI is InChI=1S/C25H32N6O2/c1-5-21(18-8-7-14(3)9-15(18)4)30-25(33)20-12-27-24-19(13-28-31(24)6-2)22(20)29-17-10-16(11-17)23(26)32/h7-9,12-13,16-17,21H,5-6,10-11H2,1-4H3,(H2,26,32)(H,27,29)(H,30,33)/t16-,17+,21?. The number of rotatable bonds is 8. The van der Waals surface area contributed by atoms with Crippen LogP contribution in [-0.2, 0) is 11.3 Å². The van der Waals surface area contributed by atoms with E-state index in [0.717, 1.165) is 28.6 Å². The van der Waals surface area contributed by atoms with Crippen LogP contribution in [0.3, 0.4) is 0 Å². The van der Waals surface area contributed by atoms with Crippen molar-refractivity contribution in [2.24, 2.45) is 11.7 Å². The van der Waals surface area contributed by atoms with Crippen LogP contribution < -0.4 is 16.4 Å². The number of primary amides is 1. The Balaban J connectivity index is 1.65. The van der Waals surface area contributed by atoms with E-state index in [-0.39, 0.29) is 29.8 Å². The minimum atomic E-state index is -0.274. The van der Waals surface area contributed by atoms with Gasteiger partial charge in [-0.15, -0.1) is 0 Å². The number of carbonyl (C=O) groups excluding carboxylic acids is 2. The maximum Gasteiger partial charge on any atom is 0.255 e. The third-order valence-corrected chi connectivity index (χ3v) is 6.61.